The van der Waals surface area contributed by atoms with E-state index in [9.17, 15) is 17.6 Å². The average molecular weight is 416 g/mol. The molecule has 0 amide bonds. The Kier molecular flexibility index (Phi) is 5.68. The fourth-order valence-corrected chi connectivity index (χ4v) is 3.94. The van der Waals surface area contributed by atoms with Crippen LogP contribution in [0.3, 0.4) is 0 Å². The molecule has 0 spiro atoms. The molecule has 158 valence electrons. The summed E-state index contributed by atoms with van der Waals surface area (Å²) < 4.78 is 63.4. The lowest BCUT2D eigenvalue weighted by molar-refractivity contribution is -0.187. The molecule has 0 saturated heterocycles. The third kappa shape index (κ3) is 4.07. The third-order valence-electron chi connectivity index (χ3n) is 5.37. The van der Waals surface area contributed by atoms with Crippen molar-refractivity contribution in [1.29, 1.82) is 0 Å². The van der Waals surface area contributed by atoms with Crippen molar-refractivity contribution in [2.45, 2.75) is 47.7 Å². The molecule has 0 radical (unpaired) electrons. The predicted molar refractivity (Wildman–Crippen MR) is 111 cm³/mol. The van der Waals surface area contributed by atoms with Gasteiger partial charge in [-0.1, -0.05) is 23.8 Å². The first kappa shape index (κ1) is 21.9. The Bertz CT molecular complexity index is 1060. The van der Waals surface area contributed by atoms with E-state index >= 15 is 0 Å². The number of hydrogen-bond acceptors (Lipinski definition) is 1. The van der Waals surface area contributed by atoms with Gasteiger partial charge in [0.05, 0.1) is 0 Å². The Morgan fingerprint density at radius 3 is 1.80 bits per heavy atom. The largest absolute Gasteiger partial charge is 0.429 e. The van der Waals surface area contributed by atoms with Gasteiger partial charge in [-0.25, -0.2) is 8.78 Å². The fraction of sp³-hybridized carbons (Fsp3) is 0.280. The van der Waals surface area contributed by atoms with Gasteiger partial charge in [-0.2, -0.15) is 8.78 Å². The van der Waals surface area contributed by atoms with Crippen LogP contribution in [0.15, 0.2) is 36.4 Å². The number of benzene rings is 3. The molecule has 5 heteroatoms. The summed E-state index contributed by atoms with van der Waals surface area (Å²) in [5.41, 5.74) is 4.31. The number of rotatable bonds is 4. The van der Waals surface area contributed by atoms with E-state index < -0.39 is 23.3 Å². The molecule has 0 aliphatic carbocycles. The van der Waals surface area contributed by atoms with Crippen molar-refractivity contribution >= 4 is 0 Å². The number of hydrogen-bond donors (Lipinski definition) is 0. The molecule has 3 aromatic rings. The average Bonchev–Trinajstić information content (AvgIpc) is 2.57. The zero-order valence-electron chi connectivity index (χ0n) is 17.9. The van der Waals surface area contributed by atoms with E-state index in [0.717, 1.165) is 34.4 Å². The lowest BCUT2D eigenvalue weighted by atomic mass is 9.91. The Hall–Kier alpha value is -2.82. The van der Waals surface area contributed by atoms with Crippen LogP contribution in [0.25, 0.3) is 11.1 Å². The highest BCUT2D eigenvalue weighted by atomic mass is 19.3. The molecule has 0 fully saturated rings. The molecule has 0 heterocycles. The smallest absolute Gasteiger partial charge is 0.429 e. The van der Waals surface area contributed by atoms with Gasteiger partial charge in [0.1, 0.15) is 22.9 Å². The lowest BCUT2D eigenvalue weighted by Gasteiger charge is -2.22. The van der Waals surface area contributed by atoms with Crippen molar-refractivity contribution in [2.75, 3.05) is 0 Å². The summed E-state index contributed by atoms with van der Waals surface area (Å²) in [7, 11) is 0. The summed E-state index contributed by atoms with van der Waals surface area (Å²) >= 11 is 0. The van der Waals surface area contributed by atoms with Gasteiger partial charge in [0.2, 0.25) is 0 Å². The van der Waals surface area contributed by atoms with Crippen LogP contribution in [0.1, 0.15) is 38.9 Å². The monoisotopic (exact) mass is 416 g/mol. The standard InChI is InChI=1S/C25H24F4O/c1-13-7-15(3)23(16(4)8-13)19-9-17(5)24(22(27)11-19)25(28,29)30-20-10-14(2)18(6)21(26)12-20/h7-12H,1-6H3. The molecule has 0 atom stereocenters. The highest BCUT2D eigenvalue weighted by Gasteiger charge is 2.40. The Morgan fingerprint density at radius 2 is 1.27 bits per heavy atom. The molecule has 3 aromatic carbocycles. The second kappa shape index (κ2) is 7.78. The third-order valence-corrected chi connectivity index (χ3v) is 5.37. The summed E-state index contributed by atoms with van der Waals surface area (Å²) in [5, 5.41) is 0. The minimum Gasteiger partial charge on any atom is -0.429 e. The van der Waals surface area contributed by atoms with E-state index in [0.29, 0.717) is 16.7 Å². The first-order valence-electron chi connectivity index (χ1n) is 9.63. The van der Waals surface area contributed by atoms with Crippen molar-refractivity contribution in [3.63, 3.8) is 0 Å². The van der Waals surface area contributed by atoms with Crippen molar-refractivity contribution in [3.8, 4) is 16.9 Å². The van der Waals surface area contributed by atoms with Crippen LogP contribution in [0.5, 0.6) is 5.75 Å². The van der Waals surface area contributed by atoms with Gasteiger partial charge in [0, 0.05) is 6.07 Å². The maximum atomic E-state index is 14.9. The molecular weight excluding hydrogens is 392 g/mol. The van der Waals surface area contributed by atoms with Crippen molar-refractivity contribution < 1.29 is 22.3 Å². The quantitative estimate of drug-likeness (QED) is 0.398. The summed E-state index contributed by atoms with van der Waals surface area (Å²) in [4.78, 5) is 0. The van der Waals surface area contributed by atoms with E-state index in [2.05, 4.69) is 0 Å². The minimum atomic E-state index is -3.96. The number of halogens is 4. The van der Waals surface area contributed by atoms with Gasteiger partial charge < -0.3 is 4.74 Å². The number of aryl methyl sites for hydroxylation is 5. The summed E-state index contributed by atoms with van der Waals surface area (Å²) in [5.74, 6) is -2.08. The first-order chi connectivity index (χ1) is 13.9. The molecule has 0 unspecified atom stereocenters. The maximum Gasteiger partial charge on any atom is 0.429 e. The Labute approximate surface area is 174 Å². The SMILES string of the molecule is Cc1cc(C)c(-c2cc(C)c(C(F)(F)Oc3cc(C)c(C)c(F)c3)c(F)c2)c(C)c1. The fourth-order valence-electron chi connectivity index (χ4n) is 3.94. The molecule has 0 N–H and O–H groups in total. The van der Waals surface area contributed by atoms with Gasteiger partial charge in [0.15, 0.2) is 0 Å². The predicted octanol–water partition coefficient (Wildman–Crippen LogP) is 7.61. The Morgan fingerprint density at radius 1 is 0.667 bits per heavy atom. The molecule has 0 aromatic heterocycles. The highest BCUT2D eigenvalue weighted by Crippen LogP contribution is 2.39. The van der Waals surface area contributed by atoms with Crippen LogP contribution in [0.4, 0.5) is 17.6 Å². The molecular formula is C25H24F4O. The van der Waals surface area contributed by atoms with Gasteiger partial charge >= 0.3 is 6.11 Å². The van der Waals surface area contributed by atoms with Crippen LogP contribution in [0.2, 0.25) is 0 Å². The Balaban J connectivity index is 2.05. The zero-order valence-corrected chi connectivity index (χ0v) is 17.9. The second-order valence-electron chi connectivity index (χ2n) is 7.89. The van der Waals surface area contributed by atoms with Crippen LogP contribution in [-0.2, 0) is 6.11 Å². The van der Waals surface area contributed by atoms with E-state index in [1.165, 1.54) is 19.1 Å². The number of alkyl halides is 2. The molecule has 0 bridgehead atoms. The molecule has 0 aliphatic rings. The molecule has 3 rings (SSSR count). The van der Waals surface area contributed by atoms with E-state index in [1.807, 2.05) is 32.9 Å². The molecule has 0 aliphatic heterocycles. The summed E-state index contributed by atoms with van der Waals surface area (Å²) in [6, 6.07) is 8.77. The molecule has 0 saturated carbocycles. The number of ether oxygens (including phenoxy) is 1. The topological polar surface area (TPSA) is 9.23 Å². The minimum absolute atomic E-state index is 0.0543. The summed E-state index contributed by atoms with van der Waals surface area (Å²) in [6.07, 6.45) is -3.96. The van der Waals surface area contributed by atoms with E-state index in [1.54, 1.807) is 13.8 Å². The highest BCUT2D eigenvalue weighted by molar-refractivity contribution is 5.72. The molecule has 30 heavy (non-hydrogen) atoms. The van der Waals surface area contributed by atoms with Crippen LogP contribution < -0.4 is 4.74 Å². The van der Waals surface area contributed by atoms with Crippen LogP contribution in [0, 0.1) is 53.2 Å². The van der Waals surface area contributed by atoms with Gasteiger partial charge in [-0.15, -0.1) is 0 Å². The van der Waals surface area contributed by atoms with Crippen molar-refractivity contribution in [1.82, 2.24) is 0 Å². The zero-order chi connectivity index (χ0) is 22.4. The lowest BCUT2D eigenvalue weighted by Crippen LogP contribution is -2.25. The van der Waals surface area contributed by atoms with Crippen molar-refractivity contribution in [2.24, 2.45) is 0 Å². The maximum absolute atomic E-state index is 14.9. The van der Waals surface area contributed by atoms with E-state index in [4.69, 9.17) is 4.74 Å². The first-order valence-corrected chi connectivity index (χ1v) is 9.63. The summed E-state index contributed by atoms with van der Waals surface area (Å²) in [6.45, 7) is 10.3. The van der Waals surface area contributed by atoms with Crippen LogP contribution >= 0.6 is 0 Å². The van der Waals surface area contributed by atoms with Gasteiger partial charge in [-0.05, 0) is 92.6 Å². The van der Waals surface area contributed by atoms with Crippen molar-refractivity contribution in [3.05, 3.63) is 87.0 Å². The van der Waals surface area contributed by atoms with E-state index in [-0.39, 0.29) is 11.3 Å². The van der Waals surface area contributed by atoms with Crippen LogP contribution in [-0.4, -0.2) is 0 Å². The molecule has 1 nitrogen and oxygen atoms in total. The second-order valence-corrected chi connectivity index (χ2v) is 7.89. The normalized spacial score (nSPS) is 11.7. The van der Waals surface area contributed by atoms with Gasteiger partial charge in [-0.3, -0.25) is 0 Å². The van der Waals surface area contributed by atoms with Gasteiger partial charge in [0.25, 0.3) is 0 Å².